The van der Waals surface area contributed by atoms with Crippen LogP contribution in [0.4, 0.5) is 13.4 Å². The first-order valence-electron chi connectivity index (χ1n) is 28.6. The van der Waals surface area contributed by atoms with Crippen molar-refractivity contribution in [3.05, 3.63) is 95.2 Å². The van der Waals surface area contributed by atoms with E-state index in [0.29, 0.717) is 111 Å². The van der Waals surface area contributed by atoms with Crippen LogP contribution in [-0.4, -0.2) is 132 Å². The molecule has 0 spiro atoms. The lowest BCUT2D eigenvalue weighted by Gasteiger charge is -2.30. The van der Waals surface area contributed by atoms with Gasteiger partial charge in [0.05, 0.1) is 5.92 Å². The Bertz CT molecular complexity index is 2790. The number of aromatic amines is 1. The van der Waals surface area contributed by atoms with Gasteiger partial charge in [0.15, 0.2) is 18.0 Å². The molecule has 0 bridgehead atoms. The fourth-order valence-corrected chi connectivity index (χ4v) is 9.34. The Morgan fingerprint density at radius 1 is 0.651 bits per heavy atom. The first kappa shape index (κ1) is 67.3. The van der Waals surface area contributed by atoms with E-state index in [1.165, 1.54) is 0 Å². The molecule has 21 nitrogen and oxygen atoms in total. The standard InChI is InChI=1S/C32H35BF2N4O3.C27H45N3O11/c1-2-7-28(40)8-4-3-5-20-37-32(41)23-42-29-17-11-24(12-18-29)10-13-25-14-15-26-22-27-16-19-31(30-9-6-21-36-30)39(27)33(34,35)38(25)26;1-2-3-10-18(24(35)36)17-19(31)11-6-4-5-7-13-22(32)28-16-9-8-12-20(25(37)38)29-27(41)30-21(26(39)40)14-15-23(33)34/h6,9-19,21-22,36H,2-5,7-8,20,23H2,1H3,(H,37,41);18,20-21H,2-17H2,1H3,(H,28,32)(H,33,34)(H,35,36)(H,37,38)(H,39,40)(H2,29,30,41)/b13-10-;/t;18?,20-,21-/m.0/s1. The van der Waals surface area contributed by atoms with Crippen molar-refractivity contribution < 1.29 is 81.4 Å². The number of nitrogens with one attached hydrogen (secondary N) is 5. The number of benzene rings is 1. The molecule has 2 aromatic heterocycles. The number of ketones is 2. The number of aromatic nitrogens is 2. The van der Waals surface area contributed by atoms with E-state index in [1.807, 2.05) is 26.0 Å². The van der Waals surface area contributed by atoms with Gasteiger partial charge in [0, 0.05) is 87.4 Å². The number of aliphatic carboxylic acids is 4. The number of carboxylic acids is 4. The van der Waals surface area contributed by atoms with Gasteiger partial charge in [0.2, 0.25) is 5.91 Å². The van der Waals surface area contributed by atoms with Crippen LogP contribution in [0.1, 0.15) is 171 Å². The molecule has 3 aromatic rings. The number of halogens is 2. The molecule has 5 rings (SSSR count). The summed E-state index contributed by atoms with van der Waals surface area (Å²) in [6.45, 7) is 0.620. The number of amides is 4. The zero-order chi connectivity index (χ0) is 60.7. The lowest BCUT2D eigenvalue weighted by Crippen LogP contribution is -2.51. The van der Waals surface area contributed by atoms with E-state index < -0.39 is 61.3 Å². The summed E-state index contributed by atoms with van der Waals surface area (Å²) in [5, 5.41) is 46.1. The summed E-state index contributed by atoms with van der Waals surface area (Å²) in [5.74, 6) is -5.11. The number of Topliss-reactive ketones (excluding diaryl/α,β-unsaturated/α-hetero) is 2. The van der Waals surface area contributed by atoms with Crippen molar-refractivity contribution >= 4 is 84.2 Å². The molecule has 3 atom stereocenters. The third kappa shape index (κ3) is 23.7. The van der Waals surface area contributed by atoms with Crippen molar-refractivity contribution in [2.24, 2.45) is 5.92 Å². The molecule has 4 amide bonds. The Morgan fingerprint density at radius 3 is 1.92 bits per heavy atom. The molecule has 2 aliphatic heterocycles. The van der Waals surface area contributed by atoms with Crippen molar-refractivity contribution in [2.75, 3.05) is 19.7 Å². The molecule has 9 N–H and O–H groups in total. The number of hydrogen-bond donors (Lipinski definition) is 9. The first-order valence-corrected chi connectivity index (χ1v) is 28.6. The SMILES string of the molecule is CCCC(=O)CCCCCNC(=O)COc1ccc(/C=C\c2ccc3n2[B-](F)(F)[N+]2=C(c4ccc[nH]4)C=CC2=C3)cc1.CCCCC(CC(=O)CCCCCCC(=O)NCCCC[C@H](NC(=O)N[C@@H](CCC(=O)O)C(=O)O)C(=O)O)C(=O)O. The number of H-pyrrole nitrogens is 1. The lowest BCUT2D eigenvalue weighted by molar-refractivity contribution is -0.360. The molecular weight excluding hydrogens is 1080 g/mol. The van der Waals surface area contributed by atoms with Crippen LogP contribution < -0.4 is 26.0 Å². The minimum atomic E-state index is -4.12. The van der Waals surface area contributed by atoms with E-state index in [1.54, 1.807) is 73.0 Å². The van der Waals surface area contributed by atoms with E-state index in [4.69, 9.17) is 14.9 Å². The minimum Gasteiger partial charge on any atom is -0.484 e. The smallest absolute Gasteiger partial charge is 0.484 e. The van der Waals surface area contributed by atoms with Crippen molar-refractivity contribution in [2.45, 2.75) is 161 Å². The first-order chi connectivity index (χ1) is 39.7. The van der Waals surface area contributed by atoms with Gasteiger partial charge < -0.3 is 69.0 Å². The van der Waals surface area contributed by atoms with Crippen LogP contribution in [0.5, 0.6) is 5.75 Å². The average Bonchev–Trinajstić information content (AvgIpc) is 2.18. The predicted octanol–water partition coefficient (Wildman–Crippen LogP) is 8.59. The van der Waals surface area contributed by atoms with Crippen LogP contribution in [0.25, 0.3) is 18.2 Å². The number of fused-ring (bicyclic) bond motifs is 2. The number of carboxylic acid groups (broad SMARTS) is 4. The maximum atomic E-state index is 15.9. The largest absolute Gasteiger partial charge is 0.737 e. The summed E-state index contributed by atoms with van der Waals surface area (Å²) in [7, 11) is 0. The van der Waals surface area contributed by atoms with E-state index in [-0.39, 0.29) is 43.5 Å². The predicted molar refractivity (Wildman–Crippen MR) is 309 cm³/mol. The van der Waals surface area contributed by atoms with Gasteiger partial charge in [-0.05, 0) is 112 Å². The third-order valence-electron chi connectivity index (χ3n) is 13.8. The maximum absolute atomic E-state index is 15.9. The zero-order valence-electron chi connectivity index (χ0n) is 47.4. The molecule has 83 heavy (non-hydrogen) atoms. The topological polar surface area (TPSA) is 316 Å². The van der Waals surface area contributed by atoms with Gasteiger partial charge in [-0.15, -0.1) is 0 Å². The van der Waals surface area contributed by atoms with Gasteiger partial charge in [-0.3, -0.25) is 28.8 Å². The molecule has 0 radical (unpaired) electrons. The number of ether oxygens (including phenoxy) is 1. The number of rotatable bonds is 39. The van der Waals surface area contributed by atoms with Crippen molar-refractivity contribution in [3.63, 3.8) is 0 Å². The van der Waals surface area contributed by atoms with Crippen molar-refractivity contribution in [3.8, 4) is 5.75 Å². The van der Waals surface area contributed by atoms with Gasteiger partial charge in [-0.2, -0.15) is 0 Å². The van der Waals surface area contributed by atoms with Crippen molar-refractivity contribution in [1.29, 1.82) is 0 Å². The molecule has 0 fully saturated rings. The molecule has 1 aromatic carbocycles. The Kier molecular flexibility index (Phi) is 28.9. The number of nitrogens with zero attached hydrogens (tertiary/aromatic N) is 2. The molecule has 0 aliphatic carbocycles. The van der Waals surface area contributed by atoms with Crippen LogP contribution in [0.2, 0.25) is 0 Å². The van der Waals surface area contributed by atoms with Gasteiger partial charge in [0.25, 0.3) is 5.91 Å². The highest BCUT2D eigenvalue weighted by Gasteiger charge is 2.52. The molecule has 0 saturated heterocycles. The molecule has 2 aliphatic rings. The van der Waals surface area contributed by atoms with Gasteiger partial charge in [-0.25, -0.2) is 14.4 Å². The quantitative estimate of drug-likeness (QED) is 0.0191. The van der Waals surface area contributed by atoms with E-state index in [0.717, 1.165) is 65.9 Å². The second kappa shape index (κ2) is 35.6. The summed E-state index contributed by atoms with van der Waals surface area (Å²) >= 11 is 0. The van der Waals surface area contributed by atoms with E-state index in [2.05, 4.69) is 26.3 Å². The fraction of sp³-hybridized carbons (Fsp3) is 0.492. The highest BCUT2D eigenvalue weighted by atomic mass is 19.2. The second-order valence-electron chi connectivity index (χ2n) is 20.5. The molecular formula is C59H80BF2N7O14. The van der Waals surface area contributed by atoms with E-state index >= 15 is 8.63 Å². The van der Waals surface area contributed by atoms with Gasteiger partial charge in [-0.1, -0.05) is 64.2 Å². The van der Waals surface area contributed by atoms with Crippen LogP contribution >= 0.6 is 0 Å². The number of hydrogen-bond acceptors (Lipinski definition) is 10. The lowest BCUT2D eigenvalue weighted by atomic mass is 9.90. The number of unbranched alkanes of at least 4 members (excludes halogenated alkanes) is 7. The van der Waals surface area contributed by atoms with Crippen LogP contribution in [-0.2, 0) is 38.4 Å². The molecule has 0 saturated carbocycles. The Balaban J connectivity index is 0.000000357. The molecule has 24 heteroatoms. The highest BCUT2D eigenvalue weighted by molar-refractivity contribution is 6.58. The second-order valence-corrected chi connectivity index (χ2v) is 20.5. The monoisotopic (exact) mass is 1160 g/mol. The van der Waals surface area contributed by atoms with Crippen molar-refractivity contribution in [1.82, 2.24) is 30.7 Å². The average molecular weight is 1160 g/mol. The number of urea groups is 1. The maximum Gasteiger partial charge on any atom is 0.737 e. The Hall–Kier alpha value is -8.18. The summed E-state index contributed by atoms with van der Waals surface area (Å²) in [4.78, 5) is 107. The highest BCUT2D eigenvalue weighted by Crippen LogP contribution is 2.34. The Morgan fingerprint density at radius 2 is 1.29 bits per heavy atom. The van der Waals surface area contributed by atoms with Crippen LogP contribution in [0, 0.1) is 5.92 Å². The molecule has 4 heterocycles. The minimum absolute atomic E-state index is 0.0377. The summed E-state index contributed by atoms with van der Waals surface area (Å²) < 4.78 is 39.7. The van der Waals surface area contributed by atoms with Crippen LogP contribution in [0.3, 0.4) is 0 Å². The molecule has 452 valence electrons. The summed E-state index contributed by atoms with van der Waals surface area (Å²) in [6, 6.07) is 10.3. The number of carbonyl (C=O) groups excluding carboxylic acids is 5. The Labute approximate surface area is 482 Å². The zero-order valence-corrected chi connectivity index (χ0v) is 47.4. The summed E-state index contributed by atoms with van der Waals surface area (Å²) in [6.07, 6.45) is 20.8. The van der Waals surface area contributed by atoms with Gasteiger partial charge in [0.1, 0.15) is 35.1 Å². The third-order valence-corrected chi connectivity index (χ3v) is 13.8. The normalized spacial score (nSPS) is 14.0. The summed E-state index contributed by atoms with van der Waals surface area (Å²) in [5.41, 5.74) is 3.19. The number of allylic oxidation sites excluding steroid dienone is 2. The fourth-order valence-electron chi connectivity index (χ4n) is 9.34. The van der Waals surface area contributed by atoms with Crippen LogP contribution in [0.15, 0.2) is 72.6 Å². The van der Waals surface area contributed by atoms with E-state index in [9.17, 15) is 53.4 Å². The number of carbonyl (C=O) groups is 9. The molecule has 1 unspecified atom stereocenters. The van der Waals surface area contributed by atoms with Gasteiger partial charge >= 0.3 is 36.9 Å².